The molecule has 1 aliphatic rings. The van der Waals surface area contributed by atoms with Gasteiger partial charge >= 0.3 is 5.97 Å². The molecule has 1 saturated carbocycles. The zero-order valence-corrected chi connectivity index (χ0v) is 9.12. The minimum atomic E-state index is -0.714. The molecule has 0 amide bonds. The van der Waals surface area contributed by atoms with Gasteiger partial charge in [-0.25, -0.2) is 0 Å². The van der Waals surface area contributed by atoms with Crippen LogP contribution in [0.25, 0.3) is 0 Å². The Labute approximate surface area is 85.9 Å². The van der Waals surface area contributed by atoms with Crippen molar-refractivity contribution in [1.29, 1.82) is 0 Å². The minimum absolute atomic E-state index is 0.103. The first-order valence-electron chi connectivity index (χ1n) is 5.55. The second kappa shape index (κ2) is 5.35. The number of carboxylic acid groups (broad SMARTS) is 1. The third-order valence-corrected chi connectivity index (χ3v) is 3.02. The average Bonchev–Trinajstić information content (AvgIpc) is 2.07. The topological polar surface area (TPSA) is 49.3 Å². The molecule has 1 fully saturated rings. The van der Waals surface area contributed by atoms with Gasteiger partial charge in [-0.1, -0.05) is 6.92 Å². The van der Waals surface area contributed by atoms with Gasteiger partial charge in [0.25, 0.3) is 0 Å². The van der Waals surface area contributed by atoms with Gasteiger partial charge in [0.15, 0.2) is 0 Å². The molecule has 1 atom stereocenters. The van der Waals surface area contributed by atoms with E-state index in [1.54, 1.807) is 0 Å². The monoisotopic (exact) mass is 199 g/mol. The molecular weight excluding hydrogens is 178 g/mol. The van der Waals surface area contributed by atoms with Crippen LogP contribution in [0.1, 0.15) is 46.0 Å². The number of carbonyl (C=O) groups is 1. The van der Waals surface area contributed by atoms with E-state index in [-0.39, 0.29) is 12.5 Å². The van der Waals surface area contributed by atoms with E-state index in [2.05, 4.69) is 12.2 Å². The van der Waals surface area contributed by atoms with Gasteiger partial charge in [0, 0.05) is 12.1 Å². The maximum Gasteiger partial charge on any atom is 0.304 e. The lowest BCUT2D eigenvalue weighted by molar-refractivity contribution is -0.137. The highest BCUT2D eigenvalue weighted by atomic mass is 16.4. The normalized spacial score (nSPS) is 29.9. The van der Waals surface area contributed by atoms with Crippen LogP contribution in [0.5, 0.6) is 0 Å². The van der Waals surface area contributed by atoms with Crippen LogP contribution in [-0.4, -0.2) is 23.2 Å². The zero-order chi connectivity index (χ0) is 10.6. The van der Waals surface area contributed by atoms with Gasteiger partial charge in [0.1, 0.15) is 0 Å². The van der Waals surface area contributed by atoms with Crippen LogP contribution in [0.4, 0.5) is 0 Å². The summed E-state index contributed by atoms with van der Waals surface area (Å²) >= 11 is 0. The Morgan fingerprint density at radius 2 is 2.00 bits per heavy atom. The van der Waals surface area contributed by atoms with E-state index in [0.717, 1.165) is 5.92 Å². The fraction of sp³-hybridized carbons (Fsp3) is 0.909. The van der Waals surface area contributed by atoms with Crippen molar-refractivity contribution in [2.45, 2.75) is 58.0 Å². The lowest BCUT2D eigenvalue weighted by Gasteiger charge is -2.29. The minimum Gasteiger partial charge on any atom is -0.481 e. The zero-order valence-electron chi connectivity index (χ0n) is 9.12. The van der Waals surface area contributed by atoms with Gasteiger partial charge in [-0.15, -0.1) is 0 Å². The number of carboxylic acids is 1. The number of rotatable bonds is 4. The second-order valence-electron chi connectivity index (χ2n) is 4.62. The molecule has 0 saturated heterocycles. The van der Waals surface area contributed by atoms with E-state index in [4.69, 9.17) is 5.11 Å². The number of hydrogen-bond acceptors (Lipinski definition) is 2. The highest BCUT2D eigenvalue weighted by molar-refractivity contribution is 5.67. The first-order chi connectivity index (χ1) is 6.58. The van der Waals surface area contributed by atoms with Crippen LogP contribution in [-0.2, 0) is 4.79 Å². The van der Waals surface area contributed by atoms with Crippen molar-refractivity contribution in [2.75, 3.05) is 0 Å². The van der Waals surface area contributed by atoms with Gasteiger partial charge in [0.2, 0.25) is 0 Å². The summed E-state index contributed by atoms with van der Waals surface area (Å²) in [5, 5.41) is 12.0. The van der Waals surface area contributed by atoms with E-state index < -0.39 is 5.97 Å². The molecule has 0 heterocycles. The third-order valence-electron chi connectivity index (χ3n) is 3.02. The van der Waals surface area contributed by atoms with E-state index >= 15 is 0 Å². The summed E-state index contributed by atoms with van der Waals surface area (Å²) in [7, 11) is 0. The molecule has 2 N–H and O–H groups in total. The smallest absolute Gasteiger partial charge is 0.304 e. The molecule has 14 heavy (non-hydrogen) atoms. The average molecular weight is 199 g/mol. The lowest BCUT2D eigenvalue weighted by atomic mass is 9.87. The SMILES string of the molecule is CC1CCC(NC(C)CC(=O)O)CC1. The molecule has 0 bridgehead atoms. The summed E-state index contributed by atoms with van der Waals surface area (Å²) in [6, 6.07) is 0.645. The summed E-state index contributed by atoms with van der Waals surface area (Å²) in [6.07, 6.45) is 5.18. The number of nitrogens with one attached hydrogen (secondary N) is 1. The summed E-state index contributed by atoms with van der Waals surface area (Å²) in [5.41, 5.74) is 0. The first kappa shape index (κ1) is 11.5. The Bertz CT molecular complexity index is 186. The van der Waals surface area contributed by atoms with E-state index in [1.807, 2.05) is 6.92 Å². The molecule has 1 rings (SSSR count). The highest BCUT2D eigenvalue weighted by Gasteiger charge is 2.19. The molecule has 0 aliphatic heterocycles. The maximum atomic E-state index is 10.5. The Hall–Kier alpha value is -0.570. The summed E-state index contributed by atoms with van der Waals surface area (Å²) in [5.74, 6) is 0.136. The van der Waals surface area contributed by atoms with Crippen molar-refractivity contribution in [3.8, 4) is 0 Å². The van der Waals surface area contributed by atoms with Crippen LogP contribution in [0.3, 0.4) is 0 Å². The number of hydrogen-bond donors (Lipinski definition) is 2. The molecule has 0 aromatic heterocycles. The molecular formula is C11H21NO2. The van der Waals surface area contributed by atoms with Crippen molar-refractivity contribution in [1.82, 2.24) is 5.32 Å². The fourth-order valence-corrected chi connectivity index (χ4v) is 2.15. The Kier molecular flexibility index (Phi) is 4.39. The van der Waals surface area contributed by atoms with Gasteiger partial charge in [-0.05, 0) is 38.5 Å². The van der Waals surface area contributed by atoms with Crippen LogP contribution in [0, 0.1) is 5.92 Å². The Balaban J connectivity index is 2.20. The lowest BCUT2D eigenvalue weighted by Crippen LogP contribution is -2.39. The predicted octanol–water partition coefficient (Wildman–Crippen LogP) is 2.02. The Morgan fingerprint density at radius 3 is 2.50 bits per heavy atom. The molecule has 0 aromatic carbocycles. The van der Waals surface area contributed by atoms with E-state index in [0.29, 0.717) is 6.04 Å². The van der Waals surface area contributed by atoms with Gasteiger partial charge < -0.3 is 10.4 Å². The molecule has 82 valence electrons. The standard InChI is InChI=1S/C11H21NO2/c1-8-3-5-10(6-4-8)12-9(2)7-11(13)14/h8-10,12H,3-7H2,1-2H3,(H,13,14). The first-order valence-corrected chi connectivity index (χ1v) is 5.55. The molecule has 1 aliphatic carbocycles. The van der Waals surface area contributed by atoms with E-state index in [1.165, 1.54) is 25.7 Å². The summed E-state index contributed by atoms with van der Waals surface area (Å²) < 4.78 is 0. The van der Waals surface area contributed by atoms with Crippen LogP contribution in [0.2, 0.25) is 0 Å². The van der Waals surface area contributed by atoms with Gasteiger partial charge in [-0.2, -0.15) is 0 Å². The van der Waals surface area contributed by atoms with Crippen molar-refractivity contribution < 1.29 is 9.90 Å². The highest BCUT2D eigenvalue weighted by Crippen LogP contribution is 2.23. The Morgan fingerprint density at radius 1 is 1.43 bits per heavy atom. The molecule has 0 radical (unpaired) electrons. The quantitative estimate of drug-likeness (QED) is 0.728. The van der Waals surface area contributed by atoms with Crippen LogP contribution >= 0.6 is 0 Å². The summed E-state index contributed by atoms with van der Waals surface area (Å²) in [4.78, 5) is 10.5. The summed E-state index contributed by atoms with van der Waals surface area (Å²) in [6.45, 7) is 4.24. The van der Waals surface area contributed by atoms with Crippen LogP contribution in [0.15, 0.2) is 0 Å². The molecule has 0 aromatic rings. The maximum absolute atomic E-state index is 10.5. The van der Waals surface area contributed by atoms with Gasteiger partial charge in [0.05, 0.1) is 6.42 Å². The van der Waals surface area contributed by atoms with Gasteiger partial charge in [-0.3, -0.25) is 4.79 Å². The second-order valence-corrected chi connectivity index (χ2v) is 4.62. The largest absolute Gasteiger partial charge is 0.481 e. The number of aliphatic carboxylic acids is 1. The molecule has 3 heteroatoms. The van der Waals surface area contributed by atoms with Crippen molar-refractivity contribution >= 4 is 5.97 Å². The molecule has 1 unspecified atom stereocenters. The molecule has 3 nitrogen and oxygen atoms in total. The van der Waals surface area contributed by atoms with Crippen molar-refractivity contribution in [3.05, 3.63) is 0 Å². The van der Waals surface area contributed by atoms with Crippen LogP contribution < -0.4 is 5.32 Å². The van der Waals surface area contributed by atoms with Crippen molar-refractivity contribution in [3.63, 3.8) is 0 Å². The molecule has 0 spiro atoms. The van der Waals surface area contributed by atoms with E-state index in [9.17, 15) is 4.79 Å². The fourth-order valence-electron chi connectivity index (χ4n) is 2.15. The predicted molar refractivity (Wildman–Crippen MR) is 56.3 cm³/mol. The van der Waals surface area contributed by atoms with Crippen molar-refractivity contribution in [2.24, 2.45) is 5.92 Å². The third kappa shape index (κ3) is 4.09.